The second kappa shape index (κ2) is 3.46. The van der Waals surface area contributed by atoms with Crippen LogP contribution in [0.5, 0.6) is 0 Å². The number of carbonyl (C=O) groups is 2. The highest BCUT2D eigenvalue weighted by Gasteiger charge is 2.31. The van der Waals surface area contributed by atoms with Crippen molar-refractivity contribution in [2.24, 2.45) is 0 Å². The Hall–Kier alpha value is -2.29. The first-order valence-electron chi connectivity index (χ1n) is 4.25. The number of aromatic nitrogens is 2. The van der Waals surface area contributed by atoms with E-state index in [2.05, 4.69) is 9.97 Å². The van der Waals surface area contributed by atoms with Gasteiger partial charge in [0.15, 0.2) is 17.3 Å². The van der Waals surface area contributed by atoms with Crippen LogP contribution in [0, 0.1) is 11.3 Å². The number of hydrogen-bond acceptors (Lipinski definition) is 5. The van der Waals surface area contributed by atoms with Crippen LogP contribution in [-0.2, 0) is 9.59 Å². The number of carbonyl (C=O) groups excluding carboxylic acids is 2. The summed E-state index contributed by atoms with van der Waals surface area (Å²) in [6, 6.07) is 1.83. The number of Topliss-reactive ketones (excluding diaryl/α,β-unsaturated/α-hetero) is 1. The van der Waals surface area contributed by atoms with E-state index in [-0.39, 0.29) is 36.2 Å². The van der Waals surface area contributed by atoms with E-state index in [1.165, 1.54) is 17.3 Å². The highest BCUT2D eigenvalue weighted by atomic mass is 16.2. The minimum absolute atomic E-state index is 0.0216. The lowest BCUT2D eigenvalue weighted by Gasteiger charge is -2.13. The number of anilines is 1. The average Bonchev–Trinajstić information content (AvgIpc) is 2.57. The van der Waals surface area contributed by atoms with Crippen molar-refractivity contribution in [1.29, 1.82) is 5.26 Å². The van der Waals surface area contributed by atoms with E-state index in [9.17, 15) is 9.59 Å². The second-order valence-electron chi connectivity index (χ2n) is 3.04. The van der Waals surface area contributed by atoms with E-state index < -0.39 is 0 Å². The van der Waals surface area contributed by atoms with Crippen LogP contribution >= 0.6 is 0 Å². The largest absolute Gasteiger partial charge is 0.297 e. The number of rotatable bonds is 1. The molecule has 74 valence electrons. The molecule has 0 saturated carbocycles. The van der Waals surface area contributed by atoms with Gasteiger partial charge in [0.05, 0.1) is 13.0 Å². The first-order chi connectivity index (χ1) is 7.22. The monoisotopic (exact) mass is 202 g/mol. The van der Waals surface area contributed by atoms with Gasteiger partial charge in [-0.2, -0.15) is 5.26 Å². The average molecular weight is 202 g/mol. The first kappa shape index (κ1) is 9.27. The Morgan fingerprint density at radius 3 is 2.67 bits per heavy atom. The molecule has 1 aromatic rings. The van der Waals surface area contributed by atoms with Crippen molar-refractivity contribution in [2.75, 3.05) is 11.4 Å². The van der Waals surface area contributed by atoms with Crippen LogP contribution in [0.2, 0.25) is 0 Å². The molecule has 0 aliphatic carbocycles. The van der Waals surface area contributed by atoms with Crippen LogP contribution in [0.15, 0.2) is 12.4 Å². The van der Waals surface area contributed by atoms with Gasteiger partial charge in [0.25, 0.3) is 0 Å². The van der Waals surface area contributed by atoms with E-state index in [1.807, 2.05) is 6.07 Å². The third kappa shape index (κ3) is 1.55. The standard InChI is InChI=1S/C9H6N4O2/c10-4-7-9(12-2-1-11-7)13-5-6(14)3-8(13)15/h1-2H,3,5H2. The van der Waals surface area contributed by atoms with Crippen LogP contribution in [0.1, 0.15) is 12.1 Å². The molecular weight excluding hydrogens is 196 g/mol. The molecule has 1 fully saturated rings. The van der Waals surface area contributed by atoms with Crippen LogP contribution in [0.3, 0.4) is 0 Å². The van der Waals surface area contributed by atoms with E-state index in [0.717, 1.165) is 0 Å². The summed E-state index contributed by atoms with van der Waals surface area (Å²) in [5.74, 6) is -0.345. The summed E-state index contributed by atoms with van der Waals surface area (Å²) >= 11 is 0. The quantitative estimate of drug-likeness (QED) is 0.581. The molecule has 0 unspecified atom stereocenters. The molecular formula is C9H6N4O2. The van der Waals surface area contributed by atoms with Crippen molar-refractivity contribution >= 4 is 17.5 Å². The molecule has 1 aliphatic rings. The summed E-state index contributed by atoms with van der Waals surface area (Å²) < 4.78 is 0. The summed E-state index contributed by atoms with van der Waals surface area (Å²) in [4.78, 5) is 31.3. The minimum Gasteiger partial charge on any atom is -0.297 e. The first-order valence-corrected chi connectivity index (χ1v) is 4.25. The van der Waals surface area contributed by atoms with Gasteiger partial charge in [-0.25, -0.2) is 9.97 Å². The highest BCUT2D eigenvalue weighted by molar-refractivity contribution is 6.14. The molecule has 2 rings (SSSR count). The Labute approximate surface area is 85.2 Å². The predicted molar refractivity (Wildman–Crippen MR) is 48.7 cm³/mol. The number of nitrogens with zero attached hydrogens (tertiary/aromatic N) is 4. The highest BCUT2D eigenvalue weighted by Crippen LogP contribution is 2.18. The van der Waals surface area contributed by atoms with E-state index in [1.54, 1.807) is 0 Å². The molecule has 6 heteroatoms. The Kier molecular flexibility index (Phi) is 2.14. The number of nitriles is 1. The zero-order chi connectivity index (χ0) is 10.8. The number of hydrogen-bond donors (Lipinski definition) is 0. The van der Waals surface area contributed by atoms with Gasteiger partial charge in [0, 0.05) is 12.4 Å². The van der Waals surface area contributed by atoms with E-state index >= 15 is 0 Å². The smallest absolute Gasteiger partial charge is 0.236 e. The Morgan fingerprint density at radius 1 is 1.33 bits per heavy atom. The Bertz CT molecular complexity index is 477. The molecule has 15 heavy (non-hydrogen) atoms. The third-order valence-corrected chi connectivity index (χ3v) is 2.02. The fourth-order valence-corrected chi connectivity index (χ4v) is 1.38. The van der Waals surface area contributed by atoms with Gasteiger partial charge < -0.3 is 0 Å². The van der Waals surface area contributed by atoms with Crippen molar-refractivity contribution in [3.63, 3.8) is 0 Å². The normalized spacial score (nSPS) is 15.5. The van der Waals surface area contributed by atoms with Crippen molar-refractivity contribution in [2.45, 2.75) is 6.42 Å². The molecule has 0 bridgehead atoms. The molecule has 1 aromatic heterocycles. The molecule has 0 atom stereocenters. The molecule has 0 spiro atoms. The fraction of sp³-hybridized carbons (Fsp3) is 0.222. The molecule has 2 heterocycles. The van der Waals surface area contributed by atoms with Crippen molar-refractivity contribution in [1.82, 2.24) is 9.97 Å². The maximum absolute atomic E-state index is 11.4. The van der Waals surface area contributed by atoms with Gasteiger partial charge in [-0.15, -0.1) is 0 Å². The predicted octanol–water partition coefficient (Wildman–Crippen LogP) is -0.346. The van der Waals surface area contributed by atoms with E-state index in [4.69, 9.17) is 5.26 Å². The van der Waals surface area contributed by atoms with Gasteiger partial charge in [0.1, 0.15) is 6.07 Å². The van der Waals surface area contributed by atoms with Gasteiger partial charge in [-0.05, 0) is 0 Å². The van der Waals surface area contributed by atoms with Gasteiger partial charge in [0.2, 0.25) is 5.91 Å². The van der Waals surface area contributed by atoms with Crippen LogP contribution in [0.4, 0.5) is 5.82 Å². The summed E-state index contributed by atoms with van der Waals surface area (Å²) in [6.07, 6.45) is 2.62. The molecule has 6 nitrogen and oxygen atoms in total. The minimum atomic E-state index is -0.336. The maximum atomic E-state index is 11.4. The topological polar surface area (TPSA) is 86.9 Å². The maximum Gasteiger partial charge on any atom is 0.236 e. The van der Waals surface area contributed by atoms with Crippen LogP contribution in [-0.4, -0.2) is 28.2 Å². The fourth-order valence-electron chi connectivity index (χ4n) is 1.38. The summed E-state index contributed by atoms with van der Waals surface area (Å²) in [6.45, 7) is -0.0216. The van der Waals surface area contributed by atoms with Crippen molar-refractivity contribution in [3.05, 3.63) is 18.1 Å². The van der Waals surface area contributed by atoms with Gasteiger partial charge in [-0.3, -0.25) is 14.5 Å². The van der Waals surface area contributed by atoms with Gasteiger partial charge in [-0.1, -0.05) is 0 Å². The molecule has 0 radical (unpaired) electrons. The lowest BCUT2D eigenvalue weighted by molar-refractivity contribution is -0.121. The molecule has 1 aliphatic heterocycles. The molecule has 0 N–H and O–H groups in total. The zero-order valence-electron chi connectivity index (χ0n) is 7.67. The lowest BCUT2D eigenvalue weighted by Crippen LogP contribution is -2.26. The Morgan fingerprint density at radius 2 is 2.07 bits per heavy atom. The molecule has 1 saturated heterocycles. The number of amides is 1. The Balaban J connectivity index is 2.42. The summed E-state index contributed by atoms with van der Waals surface area (Å²) in [5.41, 5.74) is 0.0561. The van der Waals surface area contributed by atoms with E-state index in [0.29, 0.717) is 0 Å². The third-order valence-electron chi connectivity index (χ3n) is 2.02. The molecule has 1 amide bonds. The SMILES string of the molecule is N#Cc1nccnc1N1CC(=O)CC1=O. The second-order valence-corrected chi connectivity index (χ2v) is 3.04. The zero-order valence-corrected chi connectivity index (χ0v) is 7.67. The summed E-state index contributed by atoms with van der Waals surface area (Å²) in [5, 5.41) is 8.76. The van der Waals surface area contributed by atoms with Crippen molar-refractivity contribution < 1.29 is 9.59 Å². The van der Waals surface area contributed by atoms with Crippen molar-refractivity contribution in [3.8, 4) is 6.07 Å². The van der Waals surface area contributed by atoms with Crippen LogP contribution < -0.4 is 4.90 Å². The van der Waals surface area contributed by atoms with Crippen LogP contribution in [0.25, 0.3) is 0 Å². The van der Waals surface area contributed by atoms with Gasteiger partial charge >= 0.3 is 0 Å². The lowest BCUT2D eigenvalue weighted by atomic mass is 10.3. The summed E-state index contributed by atoms with van der Waals surface area (Å²) in [7, 11) is 0. The number of ketones is 1. The molecule has 0 aromatic carbocycles.